The second kappa shape index (κ2) is 3.99. The van der Waals surface area contributed by atoms with Gasteiger partial charge < -0.3 is 9.52 Å². The maximum Gasteiger partial charge on any atom is 0.155 e. The summed E-state index contributed by atoms with van der Waals surface area (Å²) in [6.45, 7) is 1.99. The summed E-state index contributed by atoms with van der Waals surface area (Å²) in [6, 6.07) is 9.58. The van der Waals surface area contributed by atoms with Gasteiger partial charge in [0.15, 0.2) is 6.10 Å². The first kappa shape index (κ1) is 11.0. The number of hydrogen-bond acceptors (Lipinski definition) is 3. The first-order chi connectivity index (χ1) is 8.65. The van der Waals surface area contributed by atoms with E-state index in [1.54, 1.807) is 16.9 Å². The lowest BCUT2D eigenvalue weighted by Gasteiger charge is -2.03. The maximum absolute atomic E-state index is 10.2. The van der Waals surface area contributed by atoms with E-state index in [4.69, 9.17) is 4.42 Å². The molecule has 0 aliphatic carbocycles. The van der Waals surface area contributed by atoms with E-state index in [2.05, 4.69) is 5.10 Å². The van der Waals surface area contributed by atoms with E-state index in [-0.39, 0.29) is 0 Å². The van der Waals surface area contributed by atoms with Gasteiger partial charge in [0.2, 0.25) is 0 Å². The van der Waals surface area contributed by atoms with Gasteiger partial charge in [-0.15, -0.1) is 0 Å². The average Bonchev–Trinajstić information content (AvgIpc) is 2.95. The Hall–Kier alpha value is -2.07. The molecule has 0 amide bonds. The zero-order chi connectivity index (χ0) is 12.7. The zero-order valence-electron chi connectivity index (χ0n) is 10.3. The summed E-state index contributed by atoms with van der Waals surface area (Å²) in [6.07, 6.45) is 0.977. The Morgan fingerprint density at radius 1 is 1.33 bits per heavy atom. The third-order valence-electron chi connectivity index (χ3n) is 3.04. The molecular weight excluding hydrogens is 228 g/mol. The number of rotatable bonds is 2. The minimum absolute atomic E-state index is 0.526. The minimum atomic E-state index is -0.821. The van der Waals surface area contributed by atoms with Crippen molar-refractivity contribution in [2.75, 3.05) is 0 Å². The Morgan fingerprint density at radius 2 is 2.17 bits per heavy atom. The molecule has 0 aliphatic heterocycles. The Balaban J connectivity index is 2.06. The van der Waals surface area contributed by atoms with Gasteiger partial charge in [0.05, 0.1) is 5.69 Å². The SMILES string of the molecule is Cc1cccc2cc(C(O)c3ccn(C)n3)oc12. The van der Waals surface area contributed by atoms with E-state index < -0.39 is 6.10 Å². The first-order valence-corrected chi connectivity index (χ1v) is 5.82. The van der Waals surface area contributed by atoms with Crippen LogP contribution in [0.2, 0.25) is 0 Å². The van der Waals surface area contributed by atoms with E-state index in [1.807, 2.05) is 38.2 Å². The Labute approximate surface area is 104 Å². The van der Waals surface area contributed by atoms with Crippen LogP contribution in [0.3, 0.4) is 0 Å². The van der Waals surface area contributed by atoms with Crippen LogP contribution in [-0.2, 0) is 7.05 Å². The molecule has 2 heterocycles. The summed E-state index contributed by atoms with van der Waals surface area (Å²) >= 11 is 0. The molecule has 0 fully saturated rings. The lowest BCUT2D eigenvalue weighted by atomic mass is 10.1. The number of aliphatic hydroxyl groups excluding tert-OH is 1. The Bertz CT molecular complexity index is 697. The molecule has 0 spiro atoms. The van der Waals surface area contributed by atoms with Crippen molar-refractivity contribution in [1.29, 1.82) is 0 Å². The average molecular weight is 242 g/mol. The number of hydrogen-bond donors (Lipinski definition) is 1. The summed E-state index contributed by atoms with van der Waals surface area (Å²) in [5.41, 5.74) is 2.48. The Morgan fingerprint density at radius 3 is 2.83 bits per heavy atom. The third kappa shape index (κ3) is 1.71. The smallest absolute Gasteiger partial charge is 0.155 e. The van der Waals surface area contributed by atoms with Gasteiger partial charge in [0.1, 0.15) is 11.3 Å². The molecular formula is C14H14N2O2. The zero-order valence-corrected chi connectivity index (χ0v) is 10.3. The number of aryl methyl sites for hydroxylation is 2. The number of nitrogens with zero attached hydrogens (tertiary/aromatic N) is 2. The fraction of sp³-hybridized carbons (Fsp3) is 0.214. The second-order valence-electron chi connectivity index (χ2n) is 4.46. The van der Waals surface area contributed by atoms with Gasteiger partial charge in [0.25, 0.3) is 0 Å². The van der Waals surface area contributed by atoms with E-state index in [0.717, 1.165) is 16.5 Å². The lowest BCUT2D eigenvalue weighted by Crippen LogP contribution is -2.00. The van der Waals surface area contributed by atoms with Crippen LogP contribution in [-0.4, -0.2) is 14.9 Å². The lowest BCUT2D eigenvalue weighted by molar-refractivity contribution is 0.187. The fourth-order valence-electron chi connectivity index (χ4n) is 2.09. The van der Waals surface area contributed by atoms with Crippen LogP contribution in [0.5, 0.6) is 0 Å². The highest BCUT2D eigenvalue weighted by Gasteiger charge is 2.18. The summed E-state index contributed by atoms with van der Waals surface area (Å²) in [5, 5.41) is 15.4. The number of fused-ring (bicyclic) bond motifs is 1. The third-order valence-corrected chi connectivity index (χ3v) is 3.04. The molecule has 0 saturated carbocycles. The topological polar surface area (TPSA) is 51.2 Å². The first-order valence-electron chi connectivity index (χ1n) is 5.82. The highest BCUT2D eigenvalue weighted by molar-refractivity contribution is 5.81. The van der Waals surface area contributed by atoms with Crippen LogP contribution in [0.4, 0.5) is 0 Å². The largest absolute Gasteiger partial charge is 0.458 e. The van der Waals surface area contributed by atoms with Crippen LogP contribution in [0.1, 0.15) is 23.1 Å². The maximum atomic E-state index is 10.2. The molecule has 0 radical (unpaired) electrons. The molecule has 1 aromatic carbocycles. The summed E-state index contributed by atoms with van der Waals surface area (Å²) < 4.78 is 7.38. The van der Waals surface area contributed by atoms with Gasteiger partial charge in [-0.3, -0.25) is 4.68 Å². The number of aromatic nitrogens is 2. The van der Waals surface area contributed by atoms with E-state index in [1.165, 1.54) is 0 Å². The van der Waals surface area contributed by atoms with Crippen molar-refractivity contribution in [3.8, 4) is 0 Å². The minimum Gasteiger partial charge on any atom is -0.458 e. The molecule has 1 atom stereocenters. The predicted octanol–water partition coefficient (Wildman–Crippen LogP) is 2.56. The normalized spacial score (nSPS) is 13.1. The van der Waals surface area contributed by atoms with Crippen molar-refractivity contribution >= 4 is 11.0 Å². The van der Waals surface area contributed by atoms with Gasteiger partial charge in [0, 0.05) is 18.6 Å². The molecule has 1 N–H and O–H groups in total. The van der Waals surface area contributed by atoms with Gasteiger partial charge in [-0.05, 0) is 24.6 Å². The van der Waals surface area contributed by atoms with Crippen LogP contribution in [0.15, 0.2) is 40.9 Å². The quantitative estimate of drug-likeness (QED) is 0.751. The van der Waals surface area contributed by atoms with Gasteiger partial charge >= 0.3 is 0 Å². The summed E-state index contributed by atoms with van der Waals surface area (Å²) in [7, 11) is 1.82. The monoisotopic (exact) mass is 242 g/mol. The number of para-hydroxylation sites is 1. The van der Waals surface area contributed by atoms with Crippen molar-refractivity contribution in [3.63, 3.8) is 0 Å². The second-order valence-corrected chi connectivity index (χ2v) is 4.46. The summed E-state index contributed by atoms with van der Waals surface area (Å²) in [5.74, 6) is 0.526. The highest BCUT2D eigenvalue weighted by Crippen LogP contribution is 2.28. The molecule has 1 unspecified atom stereocenters. The van der Waals surface area contributed by atoms with Crippen LogP contribution < -0.4 is 0 Å². The van der Waals surface area contributed by atoms with Crippen LogP contribution in [0.25, 0.3) is 11.0 Å². The molecule has 92 valence electrons. The van der Waals surface area contributed by atoms with Crippen molar-refractivity contribution in [2.45, 2.75) is 13.0 Å². The summed E-state index contributed by atoms with van der Waals surface area (Å²) in [4.78, 5) is 0. The molecule has 18 heavy (non-hydrogen) atoms. The molecule has 3 rings (SSSR count). The Kier molecular flexibility index (Phi) is 2.45. The van der Waals surface area contributed by atoms with E-state index in [9.17, 15) is 5.11 Å². The molecule has 2 aromatic heterocycles. The van der Waals surface area contributed by atoms with Crippen molar-refractivity contribution in [1.82, 2.24) is 9.78 Å². The fourth-order valence-corrected chi connectivity index (χ4v) is 2.09. The van der Waals surface area contributed by atoms with E-state index >= 15 is 0 Å². The molecule has 3 aromatic rings. The molecule has 4 heteroatoms. The van der Waals surface area contributed by atoms with Gasteiger partial charge in [-0.25, -0.2) is 0 Å². The molecule has 0 bridgehead atoms. The molecule has 4 nitrogen and oxygen atoms in total. The van der Waals surface area contributed by atoms with E-state index in [0.29, 0.717) is 11.5 Å². The molecule has 0 saturated heterocycles. The van der Waals surface area contributed by atoms with Crippen molar-refractivity contribution < 1.29 is 9.52 Å². The number of benzene rings is 1. The predicted molar refractivity (Wildman–Crippen MR) is 68.2 cm³/mol. The van der Waals surface area contributed by atoms with Crippen molar-refractivity contribution in [3.05, 3.63) is 53.5 Å². The van der Waals surface area contributed by atoms with Gasteiger partial charge in [-0.2, -0.15) is 5.10 Å². The standard InChI is InChI=1S/C14H14N2O2/c1-9-4-3-5-10-8-12(18-14(9)10)13(17)11-6-7-16(2)15-11/h3-8,13,17H,1-2H3. The number of furan rings is 1. The van der Waals surface area contributed by atoms with Crippen molar-refractivity contribution in [2.24, 2.45) is 7.05 Å². The van der Waals surface area contributed by atoms with Gasteiger partial charge in [-0.1, -0.05) is 18.2 Å². The number of aliphatic hydroxyl groups is 1. The molecule has 0 aliphatic rings. The van der Waals surface area contributed by atoms with Crippen LogP contribution in [0, 0.1) is 6.92 Å². The van der Waals surface area contributed by atoms with Crippen LogP contribution >= 0.6 is 0 Å². The highest BCUT2D eigenvalue weighted by atomic mass is 16.4.